The fourth-order valence-electron chi connectivity index (χ4n) is 1.36. The second-order valence-electron chi connectivity index (χ2n) is 6.34. The highest BCUT2D eigenvalue weighted by Crippen LogP contribution is 2.37. The fraction of sp³-hybridized carbons (Fsp3) is 0.667. The molecule has 0 radical (unpaired) electrons. The molecule has 0 N–H and O–H groups in total. The Morgan fingerprint density at radius 2 is 1.89 bits per heavy atom. The Morgan fingerprint density at radius 3 is 2.28 bits per heavy atom. The molecule has 0 saturated carbocycles. The van der Waals surface area contributed by atoms with Crippen molar-refractivity contribution in [2.75, 3.05) is 6.61 Å². The van der Waals surface area contributed by atoms with Gasteiger partial charge in [-0.1, -0.05) is 33.4 Å². The van der Waals surface area contributed by atoms with E-state index in [-0.39, 0.29) is 16.7 Å². The summed E-state index contributed by atoms with van der Waals surface area (Å²) >= 11 is 0. The second-order valence-corrected chi connectivity index (χ2v) is 11.1. The van der Waals surface area contributed by atoms with Gasteiger partial charge in [0.15, 0.2) is 14.1 Å². The Labute approximate surface area is 113 Å². The van der Waals surface area contributed by atoms with E-state index in [2.05, 4.69) is 47.0 Å². The topological polar surface area (TPSA) is 26.3 Å². The molecule has 0 aromatic heterocycles. The predicted octanol–water partition coefficient (Wildman–Crippen LogP) is 4.35. The second kappa shape index (κ2) is 7.05. The van der Waals surface area contributed by atoms with E-state index in [1.807, 2.05) is 6.08 Å². The van der Waals surface area contributed by atoms with Gasteiger partial charge in [0.1, 0.15) is 0 Å². The van der Waals surface area contributed by atoms with E-state index < -0.39 is 8.32 Å². The Morgan fingerprint density at radius 1 is 1.33 bits per heavy atom. The first-order valence-electron chi connectivity index (χ1n) is 6.54. The molecule has 0 bridgehead atoms. The fourth-order valence-corrected chi connectivity index (χ4v) is 2.44. The van der Waals surface area contributed by atoms with Crippen LogP contribution in [-0.4, -0.2) is 20.7 Å². The normalized spacial score (nSPS) is 14.1. The third-order valence-corrected chi connectivity index (χ3v) is 8.20. The molecule has 3 heteroatoms. The van der Waals surface area contributed by atoms with Crippen molar-refractivity contribution in [3.05, 3.63) is 25.3 Å². The van der Waals surface area contributed by atoms with Gasteiger partial charge in [-0.2, -0.15) is 0 Å². The maximum atomic E-state index is 11.4. The molecule has 2 nitrogen and oxygen atoms in total. The van der Waals surface area contributed by atoms with Gasteiger partial charge in [-0.05, 0) is 36.5 Å². The van der Waals surface area contributed by atoms with E-state index in [1.54, 1.807) is 0 Å². The van der Waals surface area contributed by atoms with Crippen LogP contribution in [0.5, 0.6) is 0 Å². The van der Waals surface area contributed by atoms with Crippen molar-refractivity contribution < 1.29 is 9.22 Å². The summed E-state index contributed by atoms with van der Waals surface area (Å²) in [6.07, 6.45) is 4.57. The number of hydrogen-bond acceptors (Lipinski definition) is 2. The summed E-state index contributed by atoms with van der Waals surface area (Å²) in [6.45, 7) is 19.0. The van der Waals surface area contributed by atoms with E-state index in [9.17, 15) is 4.79 Å². The van der Waals surface area contributed by atoms with Gasteiger partial charge in [0.25, 0.3) is 0 Å². The molecule has 0 saturated heterocycles. The number of rotatable bonds is 8. The van der Waals surface area contributed by atoms with Crippen molar-refractivity contribution in [3.8, 4) is 0 Å². The van der Waals surface area contributed by atoms with Gasteiger partial charge in [0, 0.05) is 13.0 Å². The number of carbonyl (C=O) groups excluding carboxylic acids is 1. The molecular weight excluding hydrogens is 240 g/mol. The molecule has 0 aromatic carbocycles. The average Bonchev–Trinajstić information content (AvgIpc) is 2.24. The van der Waals surface area contributed by atoms with E-state index >= 15 is 0 Å². The molecule has 0 unspecified atom stereocenters. The summed E-state index contributed by atoms with van der Waals surface area (Å²) in [7, 11) is -1.73. The highest BCUT2D eigenvalue weighted by molar-refractivity contribution is 6.74. The lowest BCUT2D eigenvalue weighted by Gasteiger charge is -2.37. The third kappa shape index (κ3) is 5.78. The molecule has 104 valence electrons. The molecule has 0 aromatic rings. The summed E-state index contributed by atoms with van der Waals surface area (Å²) in [5, 5.41) is 0.203. The molecular formula is C15H28O2Si. The lowest BCUT2D eigenvalue weighted by atomic mass is 10.00. The van der Waals surface area contributed by atoms with Gasteiger partial charge in [0.05, 0.1) is 0 Å². The zero-order valence-electron chi connectivity index (χ0n) is 12.6. The van der Waals surface area contributed by atoms with Crippen molar-refractivity contribution in [3.63, 3.8) is 0 Å². The minimum absolute atomic E-state index is 0.0840. The van der Waals surface area contributed by atoms with Crippen LogP contribution in [0.1, 0.15) is 33.6 Å². The van der Waals surface area contributed by atoms with Crippen LogP contribution in [0.3, 0.4) is 0 Å². The zero-order valence-corrected chi connectivity index (χ0v) is 13.6. The first-order chi connectivity index (χ1) is 8.14. The van der Waals surface area contributed by atoms with E-state index in [1.165, 1.54) is 6.08 Å². The SMILES string of the molecule is C=CC[C@H](CO[Si](C)(C)C(C)(C)C)CC(=O)C=C. The van der Waals surface area contributed by atoms with Crippen molar-refractivity contribution in [2.45, 2.75) is 51.7 Å². The highest BCUT2D eigenvalue weighted by atomic mass is 28.4. The standard InChI is InChI=1S/C15H28O2Si/c1-8-10-13(11-14(16)9-2)12-17-18(6,7)15(3,4)5/h8-9,13H,1-2,10-12H2,3-7H3/t13-/m0/s1. The maximum Gasteiger partial charge on any atom is 0.191 e. The number of carbonyl (C=O) groups is 1. The van der Waals surface area contributed by atoms with Crippen molar-refractivity contribution in [1.29, 1.82) is 0 Å². The van der Waals surface area contributed by atoms with Gasteiger partial charge < -0.3 is 4.43 Å². The first kappa shape index (κ1) is 17.3. The van der Waals surface area contributed by atoms with Gasteiger partial charge in [-0.15, -0.1) is 6.58 Å². The number of ketones is 1. The Hall–Kier alpha value is -0.673. The monoisotopic (exact) mass is 268 g/mol. The molecule has 0 heterocycles. The van der Waals surface area contributed by atoms with E-state index in [0.717, 1.165) is 6.42 Å². The Bertz CT molecular complexity index is 300. The Balaban J connectivity index is 4.47. The molecule has 18 heavy (non-hydrogen) atoms. The quantitative estimate of drug-likeness (QED) is 0.372. The van der Waals surface area contributed by atoms with Gasteiger partial charge in [-0.25, -0.2) is 0 Å². The molecule has 0 rings (SSSR count). The molecule has 0 aliphatic heterocycles. The Kier molecular flexibility index (Phi) is 6.78. The maximum absolute atomic E-state index is 11.4. The van der Waals surface area contributed by atoms with Gasteiger partial charge >= 0.3 is 0 Å². The van der Waals surface area contributed by atoms with Crippen molar-refractivity contribution in [2.24, 2.45) is 5.92 Å². The zero-order chi connectivity index (χ0) is 14.4. The van der Waals surface area contributed by atoms with Crippen LogP contribution in [0.2, 0.25) is 18.1 Å². The summed E-state index contributed by atoms with van der Waals surface area (Å²) in [4.78, 5) is 11.4. The molecule has 1 atom stereocenters. The lowest BCUT2D eigenvalue weighted by Crippen LogP contribution is -2.42. The number of allylic oxidation sites excluding steroid dienone is 2. The van der Waals surface area contributed by atoms with Crippen molar-refractivity contribution >= 4 is 14.1 Å². The van der Waals surface area contributed by atoms with Crippen LogP contribution in [0.4, 0.5) is 0 Å². The molecule has 0 aliphatic rings. The van der Waals surface area contributed by atoms with Gasteiger partial charge in [-0.3, -0.25) is 4.79 Å². The highest BCUT2D eigenvalue weighted by Gasteiger charge is 2.37. The molecule has 0 fully saturated rings. The first-order valence-corrected chi connectivity index (χ1v) is 9.45. The van der Waals surface area contributed by atoms with Crippen LogP contribution < -0.4 is 0 Å². The summed E-state index contributed by atoms with van der Waals surface area (Å²) in [6, 6.07) is 0. The smallest absolute Gasteiger partial charge is 0.191 e. The van der Waals surface area contributed by atoms with E-state index in [4.69, 9.17) is 4.43 Å². The predicted molar refractivity (Wildman–Crippen MR) is 81.3 cm³/mol. The molecule has 0 aliphatic carbocycles. The minimum Gasteiger partial charge on any atom is -0.417 e. The molecule has 0 spiro atoms. The average molecular weight is 268 g/mol. The van der Waals surface area contributed by atoms with Crippen LogP contribution in [0.15, 0.2) is 25.3 Å². The van der Waals surface area contributed by atoms with E-state index in [0.29, 0.717) is 13.0 Å². The van der Waals surface area contributed by atoms with Crippen LogP contribution >= 0.6 is 0 Å². The summed E-state index contributed by atoms with van der Waals surface area (Å²) in [5.74, 6) is 0.308. The van der Waals surface area contributed by atoms with Crippen LogP contribution in [0.25, 0.3) is 0 Å². The number of hydrogen-bond donors (Lipinski definition) is 0. The van der Waals surface area contributed by atoms with Gasteiger partial charge in [0.2, 0.25) is 0 Å². The molecule has 0 amide bonds. The third-order valence-electron chi connectivity index (χ3n) is 3.70. The van der Waals surface area contributed by atoms with Crippen LogP contribution in [-0.2, 0) is 9.22 Å². The summed E-state index contributed by atoms with van der Waals surface area (Å²) < 4.78 is 6.16. The lowest BCUT2D eigenvalue weighted by molar-refractivity contribution is -0.115. The van der Waals surface area contributed by atoms with Crippen molar-refractivity contribution in [1.82, 2.24) is 0 Å². The minimum atomic E-state index is -1.73. The van der Waals surface area contributed by atoms with Crippen LogP contribution in [0, 0.1) is 5.92 Å². The summed E-state index contributed by atoms with van der Waals surface area (Å²) in [5.41, 5.74) is 0. The largest absolute Gasteiger partial charge is 0.417 e.